The Morgan fingerprint density at radius 1 is 1.35 bits per heavy atom. The number of nitrogens with one attached hydrogen (secondary N) is 2. The Labute approximate surface area is 219 Å². The highest BCUT2D eigenvalue weighted by molar-refractivity contribution is 7.99. The van der Waals surface area contributed by atoms with Crippen molar-refractivity contribution in [2.75, 3.05) is 30.3 Å². The van der Waals surface area contributed by atoms with E-state index < -0.39 is 5.82 Å². The van der Waals surface area contributed by atoms with Crippen molar-refractivity contribution in [1.82, 2.24) is 35.1 Å². The molecular weight excluding hydrogens is 495 g/mol. The topological polar surface area (TPSA) is 143 Å². The minimum atomic E-state index is -0.473. The third-order valence-electron chi connectivity index (χ3n) is 7.07. The Balaban J connectivity index is 1.31. The maximum absolute atomic E-state index is 14.7. The average Bonchev–Trinajstić information content (AvgIpc) is 3.54. The summed E-state index contributed by atoms with van der Waals surface area (Å²) in [5.74, 6) is 0.0185. The number of fused-ring (bicyclic) bond motifs is 1. The quantitative estimate of drug-likeness (QED) is 0.304. The number of nitrogens with zero attached hydrogens (tertiary/aromatic N) is 7. The van der Waals surface area contributed by atoms with Crippen LogP contribution < -0.4 is 16.4 Å². The first-order valence-electron chi connectivity index (χ1n) is 12.6. The Kier molecular flexibility index (Phi) is 7.56. The zero-order chi connectivity index (χ0) is 26.0. The fourth-order valence-corrected chi connectivity index (χ4v) is 6.20. The molecule has 4 heterocycles. The first-order chi connectivity index (χ1) is 17.9. The summed E-state index contributed by atoms with van der Waals surface area (Å²) in [7, 11) is 0. The summed E-state index contributed by atoms with van der Waals surface area (Å²) in [4.78, 5) is 11.2. The van der Waals surface area contributed by atoms with Crippen molar-refractivity contribution in [2.24, 2.45) is 5.73 Å². The van der Waals surface area contributed by atoms with Gasteiger partial charge in [-0.15, -0.1) is 5.10 Å². The molecular formula is C24H33FN10OS. The molecule has 1 aromatic carbocycles. The van der Waals surface area contributed by atoms with Crippen LogP contribution in [-0.2, 0) is 0 Å². The highest BCUT2D eigenvalue weighted by Crippen LogP contribution is 2.38. The Morgan fingerprint density at radius 2 is 2.22 bits per heavy atom. The number of aliphatic hydroxyl groups excluding tert-OH is 1. The molecule has 3 aromatic rings. The second-order valence-corrected chi connectivity index (χ2v) is 11.4. The zero-order valence-electron chi connectivity index (χ0n) is 21.0. The monoisotopic (exact) mass is 528 g/mol. The van der Waals surface area contributed by atoms with Crippen LogP contribution in [0.1, 0.15) is 39.5 Å². The molecule has 13 heteroatoms. The van der Waals surface area contributed by atoms with Gasteiger partial charge >= 0.3 is 0 Å². The fraction of sp³-hybridized carbons (Fsp3) is 0.542. The molecule has 0 amide bonds. The van der Waals surface area contributed by atoms with Crippen molar-refractivity contribution in [1.29, 1.82) is 0 Å². The fourth-order valence-electron chi connectivity index (χ4n) is 5.41. The molecule has 0 aliphatic carbocycles. The average molecular weight is 529 g/mol. The number of anilines is 3. The number of rotatable bonds is 9. The first kappa shape index (κ1) is 25.8. The maximum Gasteiger partial charge on any atom is 0.229 e. The van der Waals surface area contributed by atoms with Crippen LogP contribution in [0.2, 0.25) is 0 Å². The molecule has 0 spiro atoms. The molecule has 3 atom stereocenters. The summed E-state index contributed by atoms with van der Waals surface area (Å²) < 4.78 is 16.3. The molecule has 2 aliphatic rings. The summed E-state index contributed by atoms with van der Waals surface area (Å²) in [5, 5.41) is 28.2. The molecule has 1 unspecified atom stereocenters. The Morgan fingerprint density at radius 3 is 3.03 bits per heavy atom. The van der Waals surface area contributed by atoms with Crippen molar-refractivity contribution >= 4 is 29.2 Å². The van der Waals surface area contributed by atoms with E-state index >= 15 is 0 Å². The van der Waals surface area contributed by atoms with E-state index in [2.05, 4.69) is 54.9 Å². The van der Waals surface area contributed by atoms with Crippen molar-refractivity contribution in [3.63, 3.8) is 0 Å². The van der Waals surface area contributed by atoms with Crippen LogP contribution in [0, 0.1) is 5.82 Å². The normalized spacial score (nSPS) is 22.0. The number of nitrogens with two attached hydrogens (primary N) is 1. The number of halogens is 1. The number of benzene rings is 1. The second kappa shape index (κ2) is 10.9. The zero-order valence-corrected chi connectivity index (χ0v) is 21.8. The standard InChI is InChI=1S/C24H33FN10OS/c1-24(2)11-16(10-17-7-4-8-34(17)24)28-21-20(25)13-27-22(30-21)29-15-5-3-6-18(9-15)35-23(31-32-33-35)37-19(12-26)14-36/h3,5-6,9,13,16-17,19,36H,4,7-8,10-12,14,26H2,1-2H3,(H2,27,28,29,30)/t16-,17+,19?/m1/s1. The van der Waals surface area contributed by atoms with Crippen molar-refractivity contribution in [3.8, 4) is 5.69 Å². The summed E-state index contributed by atoms with van der Waals surface area (Å²) in [5.41, 5.74) is 7.17. The SMILES string of the molecule is CC1(C)C[C@H](Nc2nc(Nc3cccc(-n4nnnc4SC(CN)CO)c3)ncc2F)C[C@@H]2CCCN21. The number of hydrogen-bond acceptors (Lipinski definition) is 11. The highest BCUT2D eigenvalue weighted by atomic mass is 32.2. The Bertz CT molecular complexity index is 1220. The van der Waals surface area contributed by atoms with Crippen LogP contribution in [0.5, 0.6) is 0 Å². The van der Waals surface area contributed by atoms with Gasteiger partial charge in [-0.3, -0.25) is 4.90 Å². The predicted octanol–water partition coefficient (Wildman–Crippen LogP) is 2.56. The summed E-state index contributed by atoms with van der Waals surface area (Å²) >= 11 is 1.31. The van der Waals surface area contributed by atoms with E-state index in [4.69, 9.17) is 5.73 Å². The van der Waals surface area contributed by atoms with Gasteiger partial charge in [0.25, 0.3) is 0 Å². The minimum absolute atomic E-state index is 0.0663. The molecule has 2 fully saturated rings. The van der Waals surface area contributed by atoms with Crippen LogP contribution in [0.3, 0.4) is 0 Å². The number of thioether (sulfide) groups is 1. The second-order valence-electron chi connectivity index (χ2n) is 10.2. The van der Waals surface area contributed by atoms with E-state index in [0.29, 0.717) is 29.1 Å². The lowest BCUT2D eigenvalue weighted by molar-refractivity contribution is 0.0500. The first-order valence-corrected chi connectivity index (χ1v) is 13.4. The third kappa shape index (κ3) is 5.69. The molecule has 37 heavy (non-hydrogen) atoms. The van der Waals surface area contributed by atoms with E-state index in [-0.39, 0.29) is 35.2 Å². The number of aromatic nitrogens is 6. The summed E-state index contributed by atoms with van der Waals surface area (Å²) in [6.45, 7) is 5.89. The molecule has 11 nitrogen and oxygen atoms in total. The van der Waals surface area contributed by atoms with Gasteiger partial charge in [0.2, 0.25) is 11.1 Å². The maximum atomic E-state index is 14.7. The van der Waals surface area contributed by atoms with Gasteiger partial charge < -0.3 is 21.5 Å². The molecule has 2 aliphatic heterocycles. The molecule has 0 bridgehead atoms. The molecule has 2 saturated heterocycles. The minimum Gasteiger partial charge on any atom is -0.395 e. The lowest BCUT2D eigenvalue weighted by Crippen LogP contribution is -2.55. The van der Waals surface area contributed by atoms with Crippen LogP contribution >= 0.6 is 11.8 Å². The van der Waals surface area contributed by atoms with Gasteiger partial charge in [0.1, 0.15) is 0 Å². The molecule has 5 rings (SSSR count). The van der Waals surface area contributed by atoms with E-state index in [1.54, 1.807) is 4.68 Å². The molecule has 0 saturated carbocycles. The molecule has 2 aromatic heterocycles. The van der Waals surface area contributed by atoms with Crippen LogP contribution in [-0.4, -0.2) is 82.8 Å². The number of tetrazole rings is 1. The largest absolute Gasteiger partial charge is 0.395 e. The van der Waals surface area contributed by atoms with Gasteiger partial charge in [0.05, 0.1) is 18.5 Å². The lowest BCUT2D eigenvalue weighted by atomic mass is 9.84. The van der Waals surface area contributed by atoms with E-state index in [9.17, 15) is 9.50 Å². The molecule has 0 radical (unpaired) electrons. The van der Waals surface area contributed by atoms with Crippen LogP contribution in [0.15, 0.2) is 35.6 Å². The Hall–Kier alpha value is -2.87. The van der Waals surface area contributed by atoms with Gasteiger partial charge in [-0.1, -0.05) is 17.8 Å². The highest BCUT2D eigenvalue weighted by Gasteiger charge is 2.43. The van der Waals surface area contributed by atoms with Crippen molar-refractivity contribution in [3.05, 3.63) is 36.3 Å². The van der Waals surface area contributed by atoms with Gasteiger partial charge in [-0.05, 0) is 74.7 Å². The summed E-state index contributed by atoms with van der Waals surface area (Å²) in [6.07, 6.45) is 5.49. The summed E-state index contributed by atoms with van der Waals surface area (Å²) in [6, 6.07) is 8.07. The molecule has 198 valence electrons. The smallest absolute Gasteiger partial charge is 0.229 e. The number of hydrogen-bond donors (Lipinski definition) is 4. The van der Waals surface area contributed by atoms with E-state index in [0.717, 1.165) is 19.4 Å². The van der Waals surface area contributed by atoms with Gasteiger partial charge in [0.15, 0.2) is 11.6 Å². The number of piperidine rings is 1. The van der Waals surface area contributed by atoms with Crippen LogP contribution in [0.4, 0.5) is 21.8 Å². The lowest BCUT2D eigenvalue weighted by Gasteiger charge is -2.47. The van der Waals surface area contributed by atoms with Gasteiger partial charge in [-0.25, -0.2) is 9.37 Å². The van der Waals surface area contributed by atoms with Crippen molar-refractivity contribution < 1.29 is 9.50 Å². The van der Waals surface area contributed by atoms with Crippen molar-refractivity contribution in [2.45, 2.75) is 67.6 Å². The van der Waals surface area contributed by atoms with Crippen LogP contribution in [0.25, 0.3) is 5.69 Å². The number of aliphatic hydroxyl groups is 1. The van der Waals surface area contributed by atoms with Gasteiger partial charge in [0, 0.05) is 35.1 Å². The van der Waals surface area contributed by atoms with E-state index in [1.165, 1.54) is 30.8 Å². The third-order valence-corrected chi connectivity index (χ3v) is 8.21. The predicted molar refractivity (Wildman–Crippen MR) is 141 cm³/mol. The van der Waals surface area contributed by atoms with Gasteiger partial charge in [-0.2, -0.15) is 9.67 Å². The van der Waals surface area contributed by atoms with E-state index in [1.807, 2.05) is 24.3 Å². The molecule has 5 N–H and O–H groups in total.